The van der Waals surface area contributed by atoms with Crippen LogP contribution in [0.15, 0.2) is 72.8 Å². The van der Waals surface area contributed by atoms with Gasteiger partial charge < -0.3 is 18.9 Å². The molecule has 1 unspecified atom stereocenters. The van der Waals surface area contributed by atoms with Crippen molar-refractivity contribution < 1.29 is 59.3 Å². The molecule has 3 aromatic rings. The van der Waals surface area contributed by atoms with E-state index >= 15 is 0 Å². The third kappa shape index (κ3) is 12.9. The van der Waals surface area contributed by atoms with Crippen molar-refractivity contribution in [2.45, 2.75) is 95.8 Å². The topological polar surface area (TPSA) is 71.1 Å². The molecule has 1 atom stereocenters. The second kappa shape index (κ2) is 19.5. The first-order chi connectivity index (χ1) is 24.1. The van der Waals surface area contributed by atoms with E-state index in [0.29, 0.717) is 41.9 Å². The normalized spacial score (nSPS) is 12.7. The van der Waals surface area contributed by atoms with E-state index in [1.165, 1.54) is 6.42 Å². The fourth-order valence-electron chi connectivity index (χ4n) is 4.88. The summed E-state index contributed by atoms with van der Waals surface area (Å²) in [5.41, 5.74) is 2.51. The Morgan fingerprint density at radius 2 is 1.14 bits per heavy atom. The third-order valence-electron chi connectivity index (χ3n) is 7.93. The molecule has 0 aliphatic carbocycles. The zero-order valence-corrected chi connectivity index (χ0v) is 28.6. The molecule has 3 aromatic carbocycles. The minimum atomic E-state index is -6.37. The Morgan fingerprint density at radius 3 is 1.73 bits per heavy atom. The summed E-state index contributed by atoms with van der Waals surface area (Å²) in [4.78, 5) is 25.2. The van der Waals surface area contributed by atoms with Gasteiger partial charge >= 0.3 is 30.0 Å². The summed E-state index contributed by atoms with van der Waals surface area (Å²) in [6, 6.07) is 20.3. The van der Waals surface area contributed by atoms with Crippen LogP contribution in [0.25, 0.3) is 11.1 Å². The molecule has 0 radical (unpaired) electrons. The summed E-state index contributed by atoms with van der Waals surface area (Å²) in [5, 5.41) is 0. The van der Waals surface area contributed by atoms with Gasteiger partial charge in [0.15, 0.2) is 0 Å². The number of alkyl halides is 7. The van der Waals surface area contributed by atoms with Crippen LogP contribution in [0.2, 0.25) is 0 Å². The van der Waals surface area contributed by atoms with Gasteiger partial charge in [0.2, 0.25) is 0 Å². The van der Waals surface area contributed by atoms with Crippen LogP contribution in [0.5, 0.6) is 11.5 Å². The molecule has 0 bridgehead atoms. The summed E-state index contributed by atoms with van der Waals surface area (Å²) in [6.07, 6.45) is 0.572. The van der Waals surface area contributed by atoms with E-state index < -0.39 is 37.2 Å². The van der Waals surface area contributed by atoms with E-state index in [0.717, 1.165) is 36.8 Å². The number of hydrogen-bond acceptors (Lipinski definition) is 6. The van der Waals surface area contributed by atoms with Gasteiger partial charge in [-0.25, -0.2) is 9.59 Å². The predicted octanol–water partition coefficient (Wildman–Crippen LogP) is 10.9. The maximum Gasteiger partial charge on any atom is 0.459 e. The van der Waals surface area contributed by atoms with Gasteiger partial charge in [-0.15, -0.1) is 0 Å². The number of carbonyl (C=O) groups is 2. The number of hydrogen-bond donors (Lipinski definition) is 0. The first kappa shape index (κ1) is 41.3. The smallest absolute Gasteiger partial charge is 0.459 e. The summed E-state index contributed by atoms with van der Waals surface area (Å²) < 4.78 is 110. The SMILES string of the molecule is CCCCCCC(C)OC(=O)c1ccc(-c2ccc(OC(=O)c3ccc(OCCCCCCOCC(F)(F)C(F)(F)C(F)(F)F)cc3)cc2)cc1. The van der Waals surface area contributed by atoms with Crippen LogP contribution < -0.4 is 9.47 Å². The van der Waals surface area contributed by atoms with Crippen LogP contribution >= 0.6 is 0 Å². The highest BCUT2D eigenvalue weighted by atomic mass is 19.4. The maximum atomic E-state index is 13.2. The van der Waals surface area contributed by atoms with E-state index in [-0.39, 0.29) is 25.1 Å². The molecule has 0 heterocycles. The summed E-state index contributed by atoms with van der Waals surface area (Å²) in [7, 11) is 0. The van der Waals surface area contributed by atoms with Crippen LogP contribution in [0.3, 0.4) is 0 Å². The van der Waals surface area contributed by atoms with Gasteiger partial charge in [0.05, 0.1) is 23.8 Å². The van der Waals surface area contributed by atoms with Crippen LogP contribution in [0, 0.1) is 0 Å². The minimum absolute atomic E-state index is 0.145. The fraction of sp³-hybridized carbons (Fsp3) is 0.474. The van der Waals surface area contributed by atoms with Crippen molar-refractivity contribution in [1.82, 2.24) is 0 Å². The summed E-state index contributed by atoms with van der Waals surface area (Å²) in [5.74, 6) is -11.6. The number of unbranched alkanes of at least 4 members (excludes halogenated alkanes) is 6. The van der Waals surface area contributed by atoms with E-state index in [1.54, 1.807) is 60.7 Å². The number of halogens is 7. The number of carbonyl (C=O) groups excluding carboxylic acids is 2. The lowest BCUT2D eigenvalue weighted by molar-refractivity contribution is -0.361. The van der Waals surface area contributed by atoms with Crippen LogP contribution in [-0.4, -0.2) is 55.9 Å². The van der Waals surface area contributed by atoms with Crippen molar-refractivity contribution in [1.29, 1.82) is 0 Å². The Balaban J connectivity index is 1.34. The lowest BCUT2D eigenvalue weighted by Crippen LogP contribution is -2.54. The molecule has 0 N–H and O–H groups in total. The highest BCUT2D eigenvalue weighted by Crippen LogP contribution is 2.46. The summed E-state index contributed by atoms with van der Waals surface area (Å²) >= 11 is 0. The van der Waals surface area contributed by atoms with Gasteiger partial charge in [0.25, 0.3) is 0 Å². The zero-order chi connectivity index (χ0) is 37.5. The Kier molecular flexibility index (Phi) is 15.8. The van der Waals surface area contributed by atoms with Crippen molar-refractivity contribution in [3.63, 3.8) is 0 Å². The lowest BCUT2D eigenvalue weighted by Gasteiger charge is -2.27. The van der Waals surface area contributed by atoms with Crippen LogP contribution in [-0.2, 0) is 9.47 Å². The molecule has 0 amide bonds. The third-order valence-corrected chi connectivity index (χ3v) is 7.93. The van der Waals surface area contributed by atoms with Crippen molar-refractivity contribution in [2.75, 3.05) is 19.8 Å². The first-order valence-electron chi connectivity index (χ1n) is 16.9. The number of esters is 2. The van der Waals surface area contributed by atoms with Crippen molar-refractivity contribution in [2.24, 2.45) is 0 Å². The van der Waals surface area contributed by atoms with Crippen molar-refractivity contribution in [3.8, 4) is 22.6 Å². The highest BCUT2D eigenvalue weighted by Gasteiger charge is 2.72. The lowest BCUT2D eigenvalue weighted by atomic mass is 10.0. The molecule has 0 aliphatic rings. The van der Waals surface area contributed by atoms with Gasteiger partial charge in [0.1, 0.15) is 18.1 Å². The average Bonchev–Trinajstić information content (AvgIpc) is 3.09. The Morgan fingerprint density at radius 1 is 0.627 bits per heavy atom. The molecule has 51 heavy (non-hydrogen) atoms. The van der Waals surface area contributed by atoms with Crippen LogP contribution in [0.4, 0.5) is 30.7 Å². The van der Waals surface area contributed by atoms with Gasteiger partial charge in [-0.2, -0.15) is 30.7 Å². The second-order valence-electron chi connectivity index (χ2n) is 12.2. The van der Waals surface area contributed by atoms with Gasteiger partial charge in [0, 0.05) is 6.61 Å². The average molecular weight is 729 g/mol. The van der Waals surface area contributed by atoms with Crippen molar-refractivity contribution >= 4 is 11.9 Å². The van der Waals surface area contributed by atoms with E-state index in [2.05, 4.69) is 11.7 Å². The van der Waals surface area contributed by atoms with Gasteiger partial charge in [-0.1, -0.05) is 56.9 Å². The molecule has 0 aromatic heterocycles. The molecule has 0 fully saturated rings. The first-order valence-corrected chi connectivity index (χ1v) is 16.9. The Hall–Kier alpha value is -4.13. The van der Waals surface area contributed by atoms with E-state index in [1.807, 2.05) is 19.1 Å². The summed E-state index contributed by atoms with van der Waals surface area (Å²) in [6.45, 7) is 1.92. The highest BCUT2D eigenvalue weighted by molar-refractivity contribution is 5.91. The second-order valence-corrected chi connectivity index (χ2v) is 12.2. The number of benzene rings is 3. The largest absolute Gasteiger partial charge is 0.494 e. The van der Waals surface area contributed by atoms with Crippen LogP contribution in [0.1, 0.15) is 92.4 Å². The monoisotopic (exact) mass is 728 g/mol. The molecular formula is C38H43F7O6. The molecule has 0 saturated carbocycles. The molecule has 280 valence electrons. The minimum Gasteiger partial charge on any atom is -0.494 e. The number of ether oxygens (including phenoxy) is 4. The fourth-order valence-corrected chi connectivity index (χ4v) is 4.88. The van der Waals surface area contributed by atoms with E-state index in [9.17, 15) is 40.3 Å². The van der Waals surface area contributed by atoms with Gasteiger partial charge in [-0.05, 0) is 98.7 Å². The zero-order valence-electron chi connectivity index (χ0n) is 28.6. The molecule has 0 saturated heterocycles. The predicted molar refractivity (Wildman–Crippen MR) is 178 cm³/mol. The molecule has 6 nitrogen and oxygen atoms in total. The molecular weight excluding hydrogens is 685 g/mol. The Labute approximate surface area is 293 Å². The quantitative estimate of drug-likeness (QED) is 0.0471. The van der Waals surface area contributed by atoms with E-state index in [4.69, 9.17) is 14.2 Å². The number of rotatable bonds is 21. The maximum absolute atomic E-state index is 13.2. The molecule has 0 spiro atoms. The molecule has 13 heteroatoms. The Bertz CT molecular complexity index is 1490. The molecule has 3 rings (SSSR count). The van der Waals surface area contributed by atoms with Crippen molar-refractivity contribution in [3.05, 3.63) is 83.9 Å². The van der Waals surface area contributed by atoms with Gasteiger partial charge in [-0.3, -0.25) is 0 Å². The standard InChI is InChI=1S/C38H43F7O6/c1-3-4-5-8-11-27(2)50-34(46)30-14-12-28(13-15-30)29-16-22-33(23-17-29)51-35(47)31-18-20-32(21-19-31)49-25-10-7-6-9-24-48-26-36(39,40)37(41,42)38(43,44)45/h12-23,27H,3-11,24-26H2,1-2H3. The molecule has 0 aliphatic heterocycles.